The summed E-state index contributed by atoms with van der Waals surface area (Å²) in [6.45, 7) is 4.15. The van der Waals surface area contributed by atoms with E-state index in [0.717, 1.165) is 4.78 Å². The highest BCUT2D eigenvalue weighted by Crippen LogP contribution is 2.09. The maximum Gasteiger partial charge on any atom is 0.128 e. The molecule has 0 bridgehead atoms. The molecule has 0 N–H and O–H groups in total. The summed E-state index contributed by atoms with van der Waals surface area (Å²) in [6, 6.07) is 2.00. The number of thiophene rings is 1. The fourth-order valence-corrected chi connectivity index (χ4v) is 1.41. The second kappa shape index (κ2) is 1.94. The van der Waals surface area contributed by atoms with Gasteiger partial charge < -0.3 is 0 Å². The molecule has 0 amide bonds. The third kappa shape index (κ3) is 0.946. The Morgan fingerprint density at radius 1 is 1.50 bits per heavy atom. The maximum absolute atomic E-state index is 5.50. The van der Waals surface area contributed by atoms with Gasteiger partial charge in [-0.15, -0.1) is 0 Å². The molecule has 40 valence electrons. The lowest BCUT2D eigenvalue weighted by Gasteiger charge is -1.80. The summed E-state index contributed by atoms with van der Waals surface area (Å²) in [5.41, 5.74) is 1.30. The summed E-state index contributed by atoms with van der Waals surface area (Å²) >= 11 is 1.65. The van der Waals surface area contributed by atoms with Gasteiger partial charge >= 0.3 is 0 Å². The van der Waals surface area contributed by atoms with Crippen LogP contribution in [0.2, 0.25) is 0 Å². The molecule has 2 heteroatoms. The zero-order valence-electron chi connectivity index (χ0n) is 5.06. The Morgan fingerprint density at radius 3 is 2.25 bits per heavy atom. The van der Waals surface area contributed by atoms with Crippen LogP contribution in [-0.4, -0.2) is 7.85 Å². The van der Waals surface area contributed by atoms with Gasteiger partial charge in [0.15, 0.2) is 0 Å². The van der Waals surface area contributed by atoms with Crippen molar-refractivity contribution in [2.75, 3.05) is 0 Å². The third-order valence-electron chi connectivity index (χ3n) is 1.19. The zero-order valence-corrected chi connectivity index (χ0v) is 5.88. The minimum atomic E-state index is 0.917. The summed E-state index contributed by atoms with van der Waals surface area (Å²) in [5.74, 6) is 0. The molecule has 0 spiro atoms. The molecule has 8 heavy (non-hydrogen) atoms. The van der Waals surface area contributed by atoms with E-state index in [1.807, 2.05) is 6.07 Å². The molecule has 1 aromatic rings. The van der Waals surface area contributed by atoms with Crippen LogP contribution in [0, 0.1) is 13.8 Å². The van der Waals surface area contributed by atoms with Gasteiger partial charge in [0.2, 0.25) is 0 Å². The number of hydrogen-bond donors (Lipinski definition) is 0. The Kier molecular flexibility index (Phi) is 1.43. The van der Waals surface area contributed by atoms with Crippen LogP contribution in [0.25, 0.3) is 0 Å². The topological polar surface area (TPSA) is 0 Å². The molecule has 0 aliphatic rings. The van der Waals surface area contributed by atoms with Crippen LogP contribution in [0.1, 0.15) is 10.4 Å². The summed E-state index contributed by atoms with van der Waals surface area (Å²) < 4.78 is 0.917. The summed E-state index contributed by atoms with van der Waals surface area (Å²) in [7, 11) is 5.50. The van der Waals surface area contributed by atoms with Crippen LogP contribution in [0.5, 0.6) is 0 Å². The van der Waals surface area contributed by atoms with Crippen LogP contribution in [0.3, 0.4) is 0 Å². The molecule has 0 aromatic carbocycles. The second-order valence-corrected chi connectivity index (χ2v) is 3.18. The predicted molar refractivity (Wildman–Crippen MR) is 39.2 cm³/mol. The van der Waals surface area contributed by atoms with Crippen LogP contribution in [0.4, 0.5) is 0 Å². The first kappa shape index (κ1) is 5.89. The van der Waals surface area contributed by atoms with Gasteiger partial charge in [-0.05, 0) is 24.2 Å². The first-order chi connectivity index (χ1) is 3.70. The van der Waals surface area contributed by atoms with Gasteiger partial charge in [-0.2, -0.15) is 11.3 Å². The molecule has 0 saturated heterocycles. The second-order valence-electron chi connectivity index (χ2n) is 1.89. The Hall–Kier alpha value is -0.235. The van der Waals surface area contributed by atoms with E-state index >= 15 is 0 Å². The van der Waals surface area contributed by atoms with Gasteiger partial charge in [-0.1, -0.05) is 6.07 Å². The van der Waals surface area contributed by atoms with Gasteiger partial charge in [0, 0.05) is 4.88 Å². The quantitative estimate of drug-likeness (QED) is 0.453. The smallest absolute Gasteiger partial charge is 0.128 e. The van der Waals surface area contributed by atoms with Gasteiger partial charge in [-0.25, -0.2) is 0 Å². The molecule has 2 radical (unpaired) electrons. The van der Waals surface area contributed by atoms with E-state index in [9.17, 15) is 0 Å². The predicted octanol–water partition coefficient (Wildman–Crippen LogP) is 1.16. The fourth-order valence-electron chi connectivity index (χ4n) is 0.602. The van der Waals surface area contributed by atoms with E-state index in [-0.39, 0.29) is 0 Å². The highest BCUT2D eigenvalue weighted by atomic mass is 32.1. The normalized spacial score (nSPS) is 9.75. The van der Waals surface area contributed by atoms with E-state index in [0.29, 0.717) is 0 Å². The van der Waals surface area contributed by atoms with E-state index in [4.69, 9.17) is 7.85 Å². The molecule has 0 unspecified atom stereocenters. The van der Waals surface area contributed by atoms with Crippen molar-refractivity contribution >= 4 is 24.0 Å². The van der Waals surface area contributed by atoms with Crippen LogP contribution < -0.4 is 4.78 Å². The average Bonchev–Trinajstić information content (AvgIpc) is 1.85. The maximum atomic E-state index is 5.50. The molecular weight excluding hydrogens is 115 g/mol. The standard InChI is InChI=1S/C6H7BS/c1-4-3-6(7)8-5(4)2/h3H,1-2H3. The van der Waals surface area contributed by atoms with Crippen molar-refractivity contribution in [2.45, 2.75) is 13.8 Å². The number of hydrogen-bond acceptors (Lipinski definition) is 1. The first-order valence-corrected chi connectivity index (χ1v) is 3.34. The van der Waals surface area contributed by atoms with Gasteiger partial charge in [-0.3, -0.25) is 0 Å². The van der Waals surface area contributed by atoms with E-state index < -0.39 is 0 Å². The van der Waals surface area contributed by atoms with E-state index in [1.165, 1.54) is 10.4 Å². The van der Waals surface area contributed by atoms with E-state index in [2.05, 4.69) is 13.8 Å². The highest BCUT2D eigenvalue weighted by molar-refractivity contribution is 7.20. The Bertz CT molecular complexity index is 171. The average molecular weight is 122 g/mol. The van der Waals surface area contributed by atoms with Crippen molar-refractivity contribution in [3.05, 3.63) is 16.5 Å². The van der Waals surface area contributed by atoms with Crippen molar-refractivity contribution in [2.24, 2.45) is 0 Å². The molecule has 0 nitrogen and oxygen atoms in total. The minimum Gasteiger partial charge on any atom is -0.157 e. The summed E-state index contributed by atoms with van der Waals surface area (Å²) in [4.78, 5) is 1.32. The molecule has 1 aromatic heterocycles. The Morgan fingerprint density at radius 2 is 2.12 bits per heavy atom. The monoisotopic (exact) mass is 122 g/mol. The van der Waals surface area contributed by atoms with Crippen molar-refractivity contribution in [3.63, 3.8) is 0 Å². The Labute approximate surface area is 55.0 Å². The molecule has 1 heterocycles. The van der Waals surface area contributed by atoms with Crippen LogP contribution in [-0.2, 0) is 0 Å². The third-order valence-corrected chi connectivity index (χ3v) is 2.17. The molecule has 0 aliphatic carbocycles. The number of aryl methyl sites for hydroxylation is 2. The molecule has 1 rings (SSSR count). The van der Waals surface area contributed by atoms with E-state index in [1.54, 1.807) is 11.3 Å². The lowest BCUT2D eigenvalue weighted by molar-refractivity contribution is 1.45. The molecule has 0 atom stereocenters. The van der Waals surface area contributed by atoms with Crippen molar-refractivity contribution in [1.29, 1.82) is 0 Å². The van der Waals surface area contributed by atoms with Crippen molar-refractivity contribution < 1.29 is 0 Å². The fraction of sp³-hybridized carbons (Fsp3) is 0.333. The highest BCUT2D eigenvalue weighted by Gasteiger charge is 1.93. The molecule has 0 aliphatic heterocycles. The minimum absolute atomic E-state index is 0.917. The lowest BCUT2D eigenvalue weighted by atomic mass is 10.1. The van der Waals surface area contributed by atoms with Crippen LogP contribution >= 0.6 is 11.3 Å². The van der Waals surface area contributed by atoms with Gasteiger partial charge in [0.05, 0.1) is 0 Å². The number of rotatable bonds is 0. The van der Waals surface area contributed by atoms with Gasteiger partial charge in [0.25, 0.3) is 0 Å². The van der Waals surface area contributed by atoms with Crippen LogP contribution in [0.15, 0.2) is 6.07 Å². The molecular formula is C6H7BS. The zero-order chi connectivity index (χ0) is 6.15. The lowest BCUT2D eigenvalue weighted by Crippen LogP contribution is -1.89. The van der Waals surface area contributed by atoms with Gasteiger partial charge in [0.1, 0.15) is 7.85 Å². The Balaban J connectivity index is 3.14. The molecule has 0 saturated carbocycles. The molecule has 0 fully saturated rings. The SMILES string of the molecule is [B]c1cc(C)c(C)s1. The first-order valence-electron chi connectivity index (χ1n) is 2.52. The largest absolute Gasteiger partial charge is 0.157 e. The summed E-state index contributed by atoms with van der Waals surface area (Å²) in [6.07, 6.45) is 0. The summed E-state index contributed by atoms with van der Waals surface area (Å²) in [5, 5.41) is 0. The van der Waals surface area contributed by atoms with Crippen molar-refractivity contribution in [3.8, 4) is 0 Å². The van der Waals surface area contributed by atoms with Crippen molar-refractivity contribution in [1.82, 2.24) is 0 Å².